The van der Waals surface area contributed by atoms with Gasteiger partial charge in [-0.25, -0.2) is 13.1 Å². The van der Waals surface area contributed by atoms with Crippen molar-refractivity contribution in [1.29, 1.82) is 0 Å². The molecule has 1 atom stereocenters. The summed E-state index contributed by atoms with van der Waals surface area (Å²) in [5.41, 5.74) is 0. The van der Waals surface area contributed by atoms with Crippen molar-refractivity contribution in [2.75, 3.05) is 6.54 Å². The minimum absolute atomic E-state index is 0.00463. The molecule has 0 saturated heterocycles. The zero-order valence-electron chi connectivity index (χ0n) is 10.2. The van der Waals surface area contributed by atoms with Gasteiger partial charge in [0.15, 0.2) is 0 Å². The van der Waals surface area contributed by atoms with Crippen LogP contribution in [0.1, 0.15) is 45.4 Å². The molecule has 1 aliphatic rings. The van der Waals surface area contributed by atoms with Gasteiger partial charge in [0, 0.05) is 6.54 Å². The third-order valence-corrected chi connectivity index (χ3v) is 5.28. The zero-order valence-corrected chi connectivity index (χ0v) is 11.0. The van der Waals surface area contributed by atoms with Crippen LogP contribution in [0, 0.1) is 5.92 Å². The number of aliphatic carboxylic acids is 1. The molecule has 0 aromatic carbocycles. The molecule has 0 heterocycles. The molecule has 0 bridgehead atoms. The van der Waals surface area contributed by atoms with Crippen LogP contribution in [-0.4, -0.2) is 31.3 Å². The third-order valence-electron chi connectivity index (χ3n) is 3.36. The predicted octanol–water partition coefficient (Wildman–Crippen LogP) is 1.35. The maximum Gasteiger partial charge on any atom is 0.307 e. The third kappa shape index (κ3) is 4.27. The van der Waals surface area contributed by atoms with Gasteiger partial charge in [0.1, 0.15) is 0 Å². The number of carboxylic acids is 1. The highest BCUT2D eigenvalue weighted by Gasteiger charge is 2.28. The van der Waals surface area contributed by atoms with Gasteiger partial charge in [-0.15, -0.1) is 0 Å². The Morgan fingerprint density at radius 2 is 1.94 bits per heavy atom. The van der Waals surface area contributed by atoms with Crippen LogP contribution in [0.5, 0.6) is 0 Å². The molecular weight excluding hydrogens is 242 g/mol. The predicted molar refractivity (Wildman–Crippen MR) is 65.2 cm³/mol. The Hall–Kier alpha value is -0.620. The molecule has 5 nitrogen and oxygen atoms in total. The molecule has 2 N–H and O–H groups in total. The van der Waals surface area contributed by atoms with E-state index in [0.717, 1.165) is 19.3 Å². The first-order chi connectivity index (χ1) is 7.97. The Balaban J connectivity index is 2.51. The van der Waals surface area contributed by atoms with E-state index < -0.39 is 21.9 Å². The van der Waals surface area contributed by atoms with Gasteiger partial charge in [0.25, 0.3) is 0 Å². The molecule has 0 spiro atoms. The van der Waals surface area contributed by atoms with Crippen LogP contribution in [0.3, 0.4) is 0 Å². The molecule has 100 valence electrons. The highest BCUT2D eigenvalue weighted by atomic mass is 32.2. The van der Waals surface area contributed by atoms with Crippen LogP contribution in [0.15, 0.2) is 0 Å². The van der Waals surface area contributed by atoms with Crippen LogP contribution in [0.2, 0.25) is 0 Å². The Morgan fingerprint density at radius 1 is 1.35 bits per heavy atom. The van der Waals surface area contributed by atoms with Crippen molar-refractivity contribution in [1.82, 2.24) is 4.72 Å². The minimum atomic E-state index is -3.34. The van der Waals surface area contributed by atoms with Gasteiger partial charge >= 0.3 is 5.97 Å². The van der Waals surface area contributed by atoms with E-state index in [2.05, 4.69) is 4.72 Å². The fourth-order valence-electron chi connectivity index (χ4n) is 2.12. The molecule has 0 aromatic heterocycles. The largest absolute Gasteiger partial charge is 0.481 e. The number of nitrogens with one attached hydrogen (secondary N) is 1. The lowest BCUT2D eigenvalue weighted by Crippen LogP contribution is -2.39. The van der Waals surface area contributed by atoms with E-state index in [1.165, 1.54) is 0 Å². The van der Waals surface area contributed by atoms with Crippen LogP contribution < -0.4 is 4.72 Å². The first-order valence-electron chi connectivity index (χ1n) is 6.18. The van der Waals surface area contributed by atoms with Gasteiger partial charge in [0.05, 0.1) is 11.2 Å². The maximum atomic E-state index is 11.9. The van der Waals surface area contributed by atoms with Crippen LogP contribution in [0.4, 0.5) is 0 Å². The molecule has 0 aliphatic heterocycles. The van der Waals surface area contributed by atoms with Gasteiger partial charge < -0.3 is 5.11 Å². The molecule has 0 radical (unpaired) electrons. The van der Waals surface area contributed by atoms with Crippen molar-refractivity contribution in [3.63, 3.8) is 0 Å². The summed E-state index contributed by atoms with van der Waals surface area (Å²) in [4.78, 5) is 10.8. The second-order valence-electron chi connectivity index (χ2n) is 4.60. The van der Waals surface area contributed by atoms with Crippen LogP contribution in [-0.2, 0) is 14.8 Å². The molecule has 6 heteroatoms. The molecule has 1 fully saturated rings. The monoisotopic (exact) mass is 263 g/mol. The molecule has 0 amide bonds. The first kappa shape index (κ1) is 14.4. The Bertz CT molecular complexity index is 346. The SMILES string of the molecule is CCC(CNS(=O)(=O)C1CCCCC1)C(=O)O. The average Bonchev–Trinajstić information content (AvgIpc) is 2.30. The lowest BCUT2D eigenvalue weighted by molar-refractivity contribution is -0.141. The van der Waals surface area contributed by atoms with Crippen molar-refractivity contribution >= 4 is 16.0 Å². The number of rotatable bonds is 6. The van der Waals surface area contributed by atoms with Gasteiger partial charge in [-0.05, 0) is 19.3 Å². The molecule has 0 aromatic rings. The summed E-state index contributed by atoms with van der Waals surface area (Å²) in [5.74, 6) is -1.58. The van der Waals surface area contributed by atoms with Gasteiger partial charge in [0.2, 0.25) is 10.0 Å². The summed E-state index contributed by atoms with van der Waals surface area (Å²) >= 11 is 0. The number of hydrogen-bond donors (Lipinski definition) is 2. The van der Waals surface area contributed by atoms with Gasteiger partial charge in [-0.1, -0.05) is 26.2 Å². The molecule has 1 aliphatic carbocycles. The Morgan fingerprint density at radius 3 is 2.41 bits per heavy atom. The number of hydrogen-bond acceptors (Lipinski definition) is 3. The van der Waals surface area contributed by atoms with Crippen LogP contribution >= 0.6 is 0 Å². The number of sulfonamides is 1. The number of carbonyl (C=O) groups is 1. The van der Waals surface area contributed by atoms with E-state index in [-0.39, 0.29) is 11.8 Å². The Kier molecular flexibility index (Phi) is 5.39. The van der Waals surface area contributed by atoms with E-state index in [1.54, 1.807) is 6.92 Å². The van der Waals surface area contributed by atoms with Crippen molar-refractivity contribution < 1.29 is 18.3 Å². The van der Waals surface area contributed by atoms with E-state index >= 15 is 0 Å². The second kappa shape index (κ2) is 6.35. The average molecular weight is 263 g/mol. The highest BCUT2D eigenvalue weighted by Crippen LogP contribution is 2.23. The molecular formula is C11H21NO4S. The summed E-state index contributed by atoms with van der Waals surface area (Å²) in [6, 6.07) is 0. The van der Waals surface area contributed by atoms with Gasteiger partial charge in [-0.3, -0.25) is 4.79 Å². The summed E-state index contributed by atoms with van der Waals surface area (Å²) < 4.78 is 26.3. The van der Waals surface area contributed by atoms with E-state index in [9.17, 15) is 13.2 Å². The fourth-order valence-corrected chi connectivity index (χ4v) is 3.74. The summed E-state index contributed by atoms with van der Waals surface area (Å²) in [6.45, 7) is 1.75. The molecule has 1 unspecified atom stereocenters. The fraction of sp³-hybridized carbons (Fsp3) is 0.909. The van der Waals surface area contributed by atoms with Crippen molar-refractivity contribution in [3.05, 3.63) is 0 Å². The van der Waals surface area contributed by atoms with Crippen molar-refractivity contribution in [3.8, 4) is 0 Å². The van der Waals surface area contributed by atoms with Crippen LogP contribution in [0.25, 0.3) is 0 Å². The Labute approximate surface area is 103 Å². The quantitative estimate of drug-likeness (QED) is 0.757. The summed E-state index contributed by atoms with van der Waals surface area (Å²) in [6.07, 6.45) is 4.81. The lowest BCUT2D eigenvalue weighted by atomic mass is 10.0. The molecule has 17 heavy (non-hydrogen) atoms. The summed E-state index contributed by atoms with van der Waals surface area (Å²) in [7, 11) is -3.34. The minimum Gasteiger partial charge on any atom is -0.481 e. The van der Waals surface area contributed by atoms with Gasteiger partial charge in [-0.2, -0.15) is 0 Å². The highest BCUT2D eigenvalue weighted by molar-refractivity contribution is 7.90. The molecule has 1 rings (SSSR count). The van der Waals surface area contributed by atoms with E-state index in [4.69, 9.17) is 5.11 Å². The standard InChI is InChI=1S/C11H21NO4S/c1-2-9(11(13)14)8-12-17(15,16)10-6-4-3-5-7-10/h9-10,12H,2-8H2,1H3,(H,13,14). The lowest BCUT2D eigenvalue weighted by Gasteiger charge is -2.22. The molecule has 1 saturated carbocycles. The normalized spacial score (nSPS) is 20.1. The maximum absolute atomic E-state index is 11.9. The topological polar surface area (TPSA) is 83.5 Å². The number of carboxylic acid groups (broad SMARTS) is 1. The summed E-state index contributed by atoms with van der Waals surface area (Å²) in [5, 5.41) is 8.51. The smallest absolute Gasteiger partial charge is 0.307 e. The van der Waals surface area contributed by atoms with E-state index in [0.29, 0.717) is 19.3 Å². The van der Waals surface area contributed by atoms with E-state index in [1.807, 2.05) is 0 Å². The van der Waals surface area contributed by atoms with Crippen molar-refractivity contribution in [2.45, 2.75) is 50.7 Å². The second-order valence-corrected chi connectivity index (χ2v) is 6.64. The first-order valence-corrected chi connectivity index (χ1v) is 7.73. The van der Waals surface area contributed by atoms with Crippen molar-refractivity contribution in [2.24, 2.45) is 5.92 Å². The zero-order chi connectivity index (χ0) is 12.9.